The van der Waals surface area contributed by atoms with Crippen molar-refractivity contribution in [1.29, 1.82) is 0 Å². The van der Waals surface area contributed by atoms with Gasteiger partial charge in [0.15, 0.2) is 0 Å². The Labute approximate surface area is 204 Å². The fourth-order valence-electron chi connectivity index (χ4n) is 4.61. The topological polar surface area (TPSA) is 51.2 Å². The van der Waals surface area contributed by atoms with E-state index >= 15 is 0 Å². The smallest absolute Gasteiger partial charge is 0.414 e. The molecular formula is C26H33BrN2O4. The van der Waals surface area contributed by atoms with E-state index in [9.17, 15) is 4.79 Å². The minimum absolute atomic E-state index is 0.102. The van der Waals surface area contributed by atoms with Crippen LogP contribution in [-0.2, 0) is 11.2 Å². The molecule has 1 amide bonds. The molecule has 0 N–H and O–H groups in total. The largest absolute Gasteiger partial charge is 0.497 e. The Morgan fingerprint density at radius 2 is 1.79 bits per heavy atom. The van der Waals surface area contributed by atoms with E-state index in [1.165, 1.54) is 5.56 Å². The van der Waals surface area contributed by atoms with Crippen molar-refractivity contribution in [2.45, 2.75) is 45.3 Å². The summed E-state index contributed by atoms with van der Waals surface area (Å²) in [5.41, 5.74) is 2.16. The highest BCUT2D eigenvalue weighted by Gasteiger charge is 2.34. The van der Waals surface area contributed by atoms with E-state index in [0.29, 0.717) is 12.5 Å². The van der Waals surface area contributed by atoms with Crippen LogP contribution in [0.1, 0.15) is 32.3 Å². The molecule has 2 saturated heterocycles. The van der Waals surface area contributed by atoms with Crippen LogP contribution in [0.3, 0.4) is 0 Å². The molecule has 0 aliphatic carbocycles. The van der Waals surface area contributed by atoms with Gasteiger partial charge in [-0.25, -0.2) is 4.79 Å². The Morgan fingerprint density at radius 3 is 2.45 bits per heavy atom. The number of amides is 1. The fourth-order valence-corrected chi connectivity index (χ4v) is 5.02. The van der Waals surface area contributed by atoms with Crippen LogP contribution in [0.25, 0.3) is 0 Å². The van der Waals surface area contributed by atoms with Crippen molar-refractivity contribution in [2.75, 3.05) is 38.2 Å². The van der Waals surface area contributed by atoms with E-state index in [4.69, 9.17) is 14.2 Å². The van der Waals surface area contributed by atoms with Gasteiger partial charge in [0, 0.05) is 16.7 Å². The Bertz CT molecular complexity index is 942. The average Bonchev–Trinajstić information content (AvgIpc) is 3.17. The minimum atomic E-state index is -0.270. The summed E-state index contributed by atoms with van der Waals surface area (Å²) in [7, 11) is 1.63. The van der Waals surface area contributed by atoms with Crippen molar-refractivity contribution in [3.63, 3.8) is 0 Å². The molecule has 1 atom stereocenters. The second-order valence-electron chi connectivity index (χ2n) is 9.18. The molecule has 2 heterocycles. The Morgan fingerprint density at radius 1 is 1.09 bits per heavy atom. The quantitative estimate of drug-likeness (QED) is 0.461. The molecule has 4 rings (SSSR count). The zero-order valence-corrected chi connectivity index (χ0v) is 21.2. The first-order valence-electron chi connectivity index (χ1n) is 11.7. The number of hydrogen-bond donors (Lipinski definition) is 0. The van der Waals surface area contributed by atoms with E-state index in [0.717, 1.165) is 60.6 Å². The molecule has 1 unspecified atom stereocenters. The highest BCUT2D eigenvalue weighted by atomic mass is 79.9. The summed E-state index contributed by atoms with van der Waals surface area (Å²) < 4.78 is 17.9. The van der Waals surface area contributed by atoms with Crippen LogP contribution in [0.2, 0.25) is 0 Å². The lowest BCUT2D eigenvalue weighted by Crippen LogP contribution is -2.40. The number of carbonyl (C=O) groups excluding carboxylic acids is 1. The van der Waals surface area contributed by atoms with Crippen molar-refractivity contribution in [3.8, 4) is 11.5 Å². The molecule has 0 bridgehead atoms. The number of rotatable bonds is 8. The molecule has 33 heavy (non-hydrogen) atoms. The van der Waals surface area contributed by atoms with Crippen molar-refractivity contribution in [2.24, 2.45) is 5.92 Å². The summed E-state index contributed by atoms with van der Waals surface area (Å²) in [6.45, 7) is 7.53. The average molecular weight is 517 g/mol. The SMILES string of the molecule is COc1ccc(N2CC(CN3CCC(Cc4cc(OC(C)C)ccc4Br)CC3)OC2=O)cc1. The van der Waals surface area contributed by atoms with E-state index in [2.05, 4.69) is 46.8 Å². The second kappa shape index (κ2) is 10.8. The molecule has 2 aliphatic rings. The molecule has 7 heteroatoms. The van der Waals surface area contributed by atoms with E-state index in [1.54, 1.807) is 12.0 Å². The van der Waals surface area contributed by atoms with Crippen LogP contribution in [0.4, 0.5) is 10.5 Å². The van der Waals surface area contributed by atoms with Crippen LogP contribution in [0.15, 0.2) is 46.9 Å². The number of carbonyl (C=O) groups is 1. The van der Waals surface area contributed by atoms with Gasteiger partial charge in [0.05, 0.1) is 19.8 Å². The molecule has 0 saturated carbocycles. The lowest BCUT2D eigenvalue weighted by molar-refractivity contribution is 0.0914. The minimum Gasteiger partial charge on any atom is -0.497 e. The summed E-state index contributed by atoms with van der Waals surface area (Å²) >= 11 is 3.71. The highest BCUT2D eigenvalue weighted by molar-refractivity contribution is 9.10. The van der Waals surface area contributed by atoms with E-state index < -0.39 is 0 Å². The standard InChI is InChI=1S/C26H33BrN2O4/c1-18(2)32-23-8-9-25(27)20(15-23)14-19-10-12-28(13-11-19)16-24-17-29(26(30)33-24)21-4-6-22(31-3)7-5-21/h4-9,15,18-19,24H,10-14,16-17H2,1-3H3. The van der Waals surface area contributed by atoms with Crippen LogP contribution in [0, 0.1) is 5.92 Å². The molecule has 2 aromatic carbocycles. The predicted octanol–water partition coefficient (Wildman–Crippen LogP) is 5.52. The third kappa shape index (κ3) is 6.21. The molecule has 2 fully saturated rings. The summed E-state index contributed by atoms with van der Waals surface area (Å²) in [6, 6.07) is 13.8. The number of piperidine rings is 1. The number of anilines is 1. The lowest BCUT2D eigenvalue weighted by Gasteiger charge is -2.33. The maximum atomic E-state index is 12.4. The zero-order valence-electron chi connectivity index (χ0n) is 19.6. The molecule has 6 nitrogen and oxygen atoms in total. The molecule has 0 aromatic heterocycles. The van der Waals surface area contributed by atoms with Gasteiger partial charge < -0.3 is 14.2 Å². The van der Waals surface area contributed by atoms with Gasteiger partial charge in [-0.3, -0.25) is 9.80 Å². The van der Waals surface area contributed by atoms with Gasteiger partial charge in [0.2, 0.25) is 0 Å². The van der Waals surface area contributed by atoms with Gasteiger partial charge >= 0.3 is 6.09 Å². The number of nitrogens with zero attached hydrogens (tertiary/aromatic N) is 2. The van der Waals surface area contributed by atoms with Gasteiger partial charge in [-0.2, -0.15) is 0 Å². The van der Waals surface area contributed by atoms with Gasteiger partial charge in [-0.1, -0.05) is 15.9 Å². The molecular weight excluding hydrogens is 484 g/mol. The molecule has 0 spiro atoms. The number of benzene rings is 2. The van der Waals surface area contributed by atoms with Crippen LogP contribution >= 0.6 is 15.9 Å². The monoisotopic (exact) mass is 516 g/mol. The molecule has 0 radical (unpaired) electrons. The fraction of sp³-hybridized carbons (Fsp3) is 0.500. The summed E-state index contributed by atoms with van der Waals surface area (Å²) in [5.74, 6) is 2.36. The third-order valence-corrected chi connectivity index (χ3v) is 7.10. The highest BCUT2D eigenvalue weighted by Crippen LogP contribution is 2.30. The number of ether oxygens (including phenoxy) is 3. The first-order chi connectivity index (χ1) is 15.9. The van der Waals surface area contributed by atoms with Crippen molar-refractivity contribution in [3.05, 3.63) is 52.5 Å². The Hall–Kier alpha value is -2.25. The zero-order chi connectivity index (χ0) is 23.4. The second-order valence-corrected chi connectivity index (χ2v) is 10.0. The van der Waals surface area contributed by atoms with E-state index in [1.807, 2.05) is 30.3 Å². The summed E-state index contributed by atoms with van der Waals surface area (Å²) in [6.07, 6.45) is 3.14. The number of likely N-dealkylation sites (tertiary alicyclic amines) is 1. The molecule has 2 aliphatic heterocycles. The first kappa shape index (κ1) is 23.9. The lowest BCUT2D eigenvalue weighted by atomic mass is 9.90. The van der Waals surface area contributed by atoms with Crippen LogP contribution in [-0.4, -0.2) is 56.5 Å². The number of hydrogen-bond acceptors (Lipinski definition) is 5. The molecule has 178 valence electrons. The van der Waals surface area contributed by atoms with E-state index in [-0.39, 0.29) is 18.3 Å². The van der Waals surface area contributed by atoms with Crippen molar-refractivity contribution >= 4 is 27.7 Å². The van der Waals surface area contributed by atoms with Crippen molar-refractivity contribution in [1.82, 2.24) is 4.90 Å². The van der Waals surface area contributed by atoms with Gasteiger partial charge in [-0.05, 0) is 100 Å². The normalized spacial score (nSPS) is 19.7. The third-order valence-electron chi connectivity index (χ3n) is 6.32. The van der Waals surface area contributed by atoms with Gasteiger partial charge in [-0.15, -0.1) is 0 Å². The van der Waals surface area contributed by atoms with Gasteiger partial charge in [0.25, 0.3) is 0 Å². The van der Waals surface area contributed by atoms with Crippen LogP contribution in [0.5, 0.6) is 11.5 Å². The maximum Gasteiger partial charge on any atom is 0.414 e. The summed E-state index contributed by atoms with van der Waals surface area (Å²) in [5, 5.41) is 0. The summed E-state index contributed by atoms with van der Waals surface area (Å²) in [4.78, 5) is 16.5. The maximum absolute atomic E-state index is 12.4. The van der Waals surface area contributed by atoms with Crippen LogP contribution < -0.4 is 14.4 Å². The number of methoxy groups -OCH3 is 1. The number of halogens is 1. The van der Waals surface area contributed by atoms with Crippen molar-refractivity contribution < 1.29 is 19.0 Å². The molecule has 2 aromatic rings. The Balaban J connectivity index is 1.26. The predicted molar refractivity (Wildman–Crippen MR) is 133 cm³/mol. The number of cyclic esters (lactones) is 1. The Kier molecular flexibility index (Phi) is 7.81. The van der Waals surface area contributed by atoms with Gasteiger partial charge in [0.1, 0.15) is 17.6 Å². The first-order valence-corrected chi connectivity index (χ1v) is 12.5.